The third-order valence-corrected chi connectivity index (χ3v) is 3.13. The molecule has 1 aromatic rings. The summed E-state index contributed by atoms with van der Waals surface area (Å²) in [6.45, 7) is 2.04. The molecule has 0 heterocycles. The molecule has 3 heteroatoms. The van der Waals surface area contributed by atoms with Crippen LogP contribution in [0.15, 0.2) is 22.7 Å². The molecule has 0 saturated heterocycles. The topological polar surface area (TPSA) is 35.2 Å². The quantitative estimate of drug-likeness (QED) is 0.893. The Balaban J connectivity index is 2.59. The van der Waals surface area contributed by atoms with Crippen LogP contribution in [0.5, 0.6) is 5.75 Å². The number of aryl methyl sites for hydroxylation is 1. The van der Waals surface area contributed by atoms with Crippen LogP contribution in [0, 0.1) is 0 Å². The van der Waals surface area contributed by atoms with Gasteiger partial charge in [-0.2, -0.15) is 0 Å². The number of rotatable bonds is 5. The molecule has 1 atom stereocenters. The molecule has 0 aromatic heterocycles. The van der Waals surface area contributed by atoms with E-state index < -0.39 is 0 Å². The largest absolute Gasteiger partial charge is 0.497 e. The van der Waals surface area contributed by atoms with Gasteiger partial charge in [-0.1, -0.05) is 15.9 Å². The van der Waals surface area contributed by atoms with Gasteiger partial charge in [0.05, 0.1) is 7.11 Å². The molecule has 84 valence electrons. The van der Waals surface area contributed by atoms with Gasteiger partial charge in [0.2, 0.25) is 0 Å². The summed E-state index contributed by atoms with van der Waals surface area (Å²) < 4.78 is 6.34. The lowest BCUT2D eigenvalue weighted by molar-refractivity contribution is 0.414. The van der Waals surface area contributed by atoms with Gasteiger partial charge in [-0.3, -0.25) is 0 Å². The van der Waals surface area contributed by atoms with Gasteiger partial charge in [-0.05, 0) is 49.9 Å². The Hall–Kier alpha value is -0.540. The second kappa shape index (κ2) is 6.13. The van der Waals surface area contributed by atoms with E-state index in [1.54, 1.807) is 7.11 Å². The van der Waals surface area contributed by atoms with Crippen LogP contribution in [0.25, 0.3) is 0 Å². The molecule has 0 fully saturated rings. The summed E-state index contributed by atoms with van der Waals surface area (Å²) in [5.74, 6) is 0.911. The van der Waals surface area contributed by atoms with E-state index in [2.05, 4.69) is 22.0 Å². The maximum Gasteiger partial charge on any atom is 0.119 e. The average Bonchev–Trinajstić information content (AvgIpc) is 2.20. The number of hydrogen-bond acceptors (Lipinski definition) is 2. The van der Waals surface area contributed by atoms with Crippen LogP contribution < -0.4 is 10.5 Å². The van der Waals surface area contributed by atoms with Crippen molar-refractivity contribution >= 4 is 15.9 Å². The molecule has 2 nitrogen and oxygen atoms in total. The van der Waals surface area contributed by atoms with Crippen molar-refractivity contribution in [1.82, 2.24) is 0 Å². The highest BCUT2D eigenvalue weighted by molar-refractivity contribution is 9.10. The fourth-order valence-electron chi connectivity index (χ4n) is 1.48. The normalized spacial score (nSPS) is 12.5. The van der Waals surface area contributed by atoms with E-state index >= 15 is 0 Å². The fraction of sp³-hybridized carbons (Fsp3) is 0.500. The first-order chi connectivity index (χ1) is 7.13. The molecule has 15 heavy (non-hydrogen) atoms. The van der Waals surface area contributed by atoms with Crippen LogP contribution in [0.2, 0.25) is 0 Å². The number of halogens is 1. The van der Waals surface area contributed by atoms with E-state index in [1.807, 2.05) is 19.1 Å². The zero-order valence-corrected chi connectivity index (χ0v) is 10.9. The van der Waals surface area contributed by atoms with Crippen LogP contribution in [0.1, 0.15) is 25.3 Å². The van der Waals surface area contributed by atoms with Gasteiger partial charge in [-0.25, -0.2) is 0 Å². The second-order valence-corrected chi connectivity index (χ2v) is 4.68. The smallest absolute Gasteiger partial charge is 0.119 e. The minimum Gasteiger partial charge on any atom is -0.497 e. The minimum atomic E-state index is 0.286. The van der Waals surface area contributed by atoms with E-state index in [0.29, 0.717) is 0 Å². The Morgan fingerprint density at radius 3 is 2.80 bits per heavy atom. The summed E-state index contributed by atoms with van der Waals surface area (Å²) in [6.07, 6.45) is 3.21. The molecular formula is C12H18BrNO. The Morgan fingerprint density at radius 1 is 1.47 bits per heavy atom. The van der Waals surface area contributed by atoms with E-state index in [9.17, 15) is 0 Å². The molecule has 2 N–H and O–H groups in total. The molecule has 0 radical (unpaired) electrons. The van der Waals surface area contributed by atoms with Crippen LogP contribution in [0.3, 0.4) is 0 Å². The summed E-state index contributed by atoms with van der Waals surface area (Å²) in [5.41, 5.74) is 7.00. The summed E-state index contributed by atoms with van der Waals surface area (Å²) in [5, 5.41) is 0. The highest BCUT2D eigenvalue weighted by Gasteiger charge is 2.03. The highest BCUT2D eigenvalue weighted by atomic mass is 79.9. The number of hydrogen-bond donors (Lipinski definition) is 1. The van der Waals surface area contributed by atoms with Gasteiger partial charge in [0.15, 0.2) is 0 Å². The predicted molar refractivity (Wildman–Crippen MR) is 67.3 cm³/mol. The molecular weight excluding hydrogens is 254 g/mol. The molecule has 1 unspecified atom stereocenters. The third-order valence-electron chi connectivity index (χ3n) is 2.36. The molecule has 1 rings (SSSR count). The van der Waals surface area contributed by atoms with Gasteiger partial charge in [-0.15, -0.1) is 0 Å². The van der Waals surface area contributed by atoms with Crippen molar-refractivity contribution in [2.45, 2.75) is 32.2 Å². The molecule has 0 aliphatic heterocycles. The van der Waals surface area contributed by atoms with Crippen molar-refractivity contribution in [2.75, 3.05) is 7.11 Å². The van der Waals surface area contributed by atoms with Gasteiger partial charge < -0.3 is 10.5 Å². The van der Waals surface area contributed by atoms with E-state index in [-0.39, 0.29) is 6.04 Å². The van der Waals surface area contributed by atoms with Gasteiger partial charge >= 0.3 is 0 Å². The Morgan fingerprint density at radius 2 is 2.20 bits per heavy atom. The standard InChI is InChI=1S/C12H18BrNO/c1-9(14)4-3-5-10-8-11(15-2)6-7-12(10)13/h6-9H,3-5,14H2,1-2H3. The average molecular weight is 272 g/mol. The molecule has 1 aromatic carbocycles. The summed E-state index contributed by atoms with van der Waals surface area (Å²) in [6, 6.07) is 6.35. The summed E-state index contributed by atoms with van der Waals surface area (Å²) in [7, 11) is 1.69. The molecule has 0 amide bonds. The molecule has 0 spiro atoms. The Kier molecular flexibility index (Phi) is 5.12. The Labute approximate surface area is 99.9 Å². The first-order valence-corrected chi connectivity index (χ1v) is 6.00. The van der Waals surface area contributed by atoms with Crippen molar-refractivity contribution in [3.63, 3.8) is 0 Å². The fourth-order valence-corrected chi connectivity index (χ4v) is 1.93. The number of methoxy groups -OCH3 is 1. The molecule has 0 saturated carbocycles. The first-order valence-electron chi connectivity index (χ1n) is 5.21. The van der Waals surface area contributed by atoms with Gasteiger partial charge in [0, 0.05) is 10.5 Å². The number of nitrogens with two attached hydrogens (primary N) is 1. The monoisotopic (exact) mass is 271 g/mol. The maximum absolute atomic E-state index is 5.71. The number of benzene rings is 1. The Bertz CT molecular complexity index is 312. The third kappa shape index (κ3) is 4.22. The minimum absolute atomic E-state index is 0.286. The van der Waals surface area contributed by atoms with Crippen LogP contribution in [0.4, 0.5) is 0 Å². The summed E-state index contributed by atoms with van der Waals surface area (Å²) in [4.78, 5) is 0. The van der Waals surface area contributed by atoms with Crippen LogP contribution in [-0.2, 0) is 6.42 Å². The van der Waals surface area contributed by atoms with Crippen molar-refractivity contribution in [3.8, 4) is 5.75 Å². The molecule has 0 bridgehead atoms. The lowest BCUT2D eigenvalue weighted by atomic mass is 10.1. The van der Waals surface area contributed by atoms with Crippen molar-refractivity contribution in [2.24, 2.45) is 5.73 Å². The second-order valence-electron chi connectivity index (χ2n) is 3.83. The zero-order chi connectivity index (χ0) is 11.3. The predicted octanol–water partition coefficient (Wildman–Crippen LogP) is 3.13. The van der Waals surface area contributed by atoms with Crippen molar-refractivity contribution in [1.29, 1.82) is 0 Å². The van der Waals surface area contributed by atoms with E-state index in [1.165, 1.54) is 5.56 Å². The lowest BCUT2D eigenvalue weighted by Gasteiger charge is -2.08. The van der Waals surface area contributed by atoms with Crippen LogP contribution in [-0.4, -0.2) is 13.2 Å². The van der Waals surface area contributed by atoms with Crippen molar-refractivity contribution < 1.29 is 4.74 Å². The van der Waals surface area contributed by atoms with E-state index in [0.717, 1.165) is 29.5 Å². The van der Waals surface area contributed by atoms with Crippen LogP contribution >= 0.6 is 15.9 Å². The molecule has 0 aliphatic carbocycles. The van der Waals surface area contributed by atoms with Crippen molar-refractivity contribution in [3.05, 3.63) is 28.2 Å². The first kappa shape index (κ1) is 12.5. The highest BCUT2D eigenvalue weighted by Crippen LogP contribution is 2.24. The number of ether oxygens (including phenoxy) is 1. The summed E-state index contributed by atoms with van der Waals surface area (Å²) >= 11 is 3.54. The lowest BCUT2D eigenvalue weighted by Crippen LogP contribution is -2.14. The van der Waals surface area contributed by atoms with E-state index in [4.69, 9.17) is 10.5 Å². The maximum atomic E-state index is 5.71. The van der Waals surface area contributed by atoms with Gasteiger partial charge in [0.1, 0.15) is 5.75 Å². The SMILES string of the molecule is COc1ccc(Br)c(CCCC(C)N)c1. The zero-order valence-electron chi connectivity index (χ0n) is 9.29. The molecule has 0 aliphatic rings. The van der Waals surface area contributed by atoms with Gasteiger partial charge in [0.25, 0.3) is 0 Å².